The fourth-order valence-corrected chi connectivity index (χ4v) is 0.772. The molecule has 78 valence electrons. The van der Waals surface area contributed by atoms with E-state index in [4.69, 9.17) is 11.6 Å². The first-order chi connectivity index (χ1) is 6.61. The Morgan fingerprint density at radius 1 is 1.57 bits per heavy atom. The minimum absolute atomic E-state index is 0.174. The predicted octanol–water partition coefficient (Wildman–Crippen LogP) is 2.32. The van der Waals surface area contributed by atoms with Gasteiger partial charge in [0.25, 0.3) is 0 Å². The van der Waals surface area contributed by atoms with E-state index in [0.29, 0.717) is 11.3 Å². The van der Waals surface area contributed by atoms with Crippen LogP contribution < -0.4 is 0 Å². The molecule has 0 aliphatic rings. The van der Waals surface area contributed by atoms with Crippen molar-refractivity contribution in [1.29, 1.82) is 0 Å². The molecule has 0 N–H and O–H groups in total. The van der Waals surface area contributed by atoms with E-state index in [1.54, 1.807) is 6.92 Å². The first-order valence-corrected chi connectivity index (χ1v) is 4.20. The number of nitrogens with zero attached hydrogens (tertiary/aromatic N) is 2. The van der Waals surface area contributed by atoms with Gasteiger partial charge in [-0.25, -0.2) is 14.8 Å². The van der Waals surface area contributed by atoms with Crippen LogP contribution in [0.3, 0.4) is 0 Å². The molecule has 5 heteroatoms. The lowest BCUT2D eigenvalue weighted by atomic mass is 10.3. The second kappa shape index (κ2) is 7.44. The van der Waals surface area contributed by atoms with Crippen LogP contribution in [0.15, 0.2) is 34.0 Å². The first-order valence-electron chi connectivity index (χ1n) is 3.82. The fraction of sp³-hybridized carbons (Fsp3) is 0.333. The van der Waals surface area contributed by atoms with Gasteiger partial charge in [0.2, 0.25) is 0 Å². The van der Waals surface area contributed by atoms with Crippen molar-refractivity contribution in [3.05, 3.63) is 24.0 Å². The largest absolute Gasteiger partial charge is 0.271 e. The number of aliphatic imine (C=N–C) groups is 2. The zero-order valence-corrected chi connectivity index (χ0v) is 9.04. The summed E-state index contributed by atoms with van der Waals surface area (Å²) in [5.41, 5.74) is 1.17. The van der Waals surface area contributed by atoms with Crippen LogP contribution in [0, 0.1) is 0 Å². The number of halogens is 1. The minimum Gasteiger partial charge on any atom is -0.271 e. The van der Waals surface area contributed by atoms with Gasteiger partial charge in [-0.15, -0.1) is 0 Å². The highest BCUT2D eigenvalue weighted by Gasteiger charge is 2.01. The quantitative estimate of drug-likeness (QED) is 0.389. The van der Waals surface area contributed by atoms with Crippen molar-refractivity contribution in [3.8, 4) is 0 Å². The van der Waals surface area contributed by atoms with Gasteiger partial charge in [-0.05, 0) is 13.6 Å². The van der Waals surface area contributed by atoms with Gasteiger partial charge in [-0.2, -0.15) is 0 Å². The highest BCUT2D eigenvalue weighted by atomic mass is 35.5. The third kappa shape index (κ3) is 5.64. The van der Waals surface area contributed by atoms with Gasteiger partial charge < -0.3 is 0 Å². The zero-order valence-electron chi connectivity index (χ0n) is 8.29. The molecule has 0 heterocycles. The Morgan fingerprint density at radius 3 is 2.71 bits per heavy atom. The molecule has 0 saturated heterocycles. The van der Waals surface area contributed by atoms with Crippen LogP contribution in [0.5, 0.6) is 0 Å². The van der Waals surface area contributed by atoms with Crippen LogP contribution in [0.1, 0.15) is 6.92 Å². The molecule has 0 amide bonds. The maximum atomic E-state index is 5.81. The highest BCUT2D eigenvalue weighted by Crippen LogP contribution is 2.06. The maximum Gasteiger partial charge on any atom is 0.134 e. The molecule has 0 aliphatic heterocycles. The van der Waals surface area contributed by atoms with E-state index in [2.05, 4.69) is 33.1 Å². The molecule has 0 aromatic carbocycles. The van der Waals surface area contributed by atoms with Gasteiger partial charge in [0, 0.05) is 11.8 Å². The van der Waals surface area contributed by atoms with Crippen molar-refractivity contribution in [2.45, 2.75) is 6.92 Å². The monoisotopic (exact) mass is 216 g/mol. The second-order valence-corrected chi connectivity index (χ2v) is 2.75. The average molecular weight is 217 g/mol. The molecule has 0 spiro atoms. The molecule has 0 saturated carbocycles. The van der Waals surface area contributed by atoms with E-state index in [-0.39, 0.29) is 11.8 Å². The maximum absolute atomic E-state index is 5.81. The summed E-state index contributed by atoms with van der Waals surface area (Å²) in [6.07, 6.45) is 1.49. The van der Waals surface area contributed by atoms with Gasteiger partial charge in [0.15, 0.2) is 0 Å². The molecule has 0 atom stereocenters. The van der Waals surface area contributed by atoms with Crippen LogP contribution in [0.25, 0.3) is 0 Å². The Hall–Kier alpha value is -0.970. The number of hydrogen-bond acceptors (Lipinski definition) is 4. The van der Waals surface area contributed by atoms with Crippen molar-refractivity contribution in [3.63, 3.8) is 0 Å². The summed E-state index contributed by atoms with van der Waals surface area (Å²) in [4.78, 5) is 16.6. The third-order valence-electron chi connectivity index (χ3n) is 1.20. The summed E-state index contributed by atoms with van der Waals surface area (Å²) >= 11 is 5.81. The number of allylic oxidation sites excluding steroid dienone is 1. The molecule has 0 aromatic heterocycles. The zero-order chi connectivity index (χ0) is 11.0. The normalized spacial score (nSPS) is 12.8. The lowest BCUT2D eigenvalue weighted by Crippen LogP contribution is -2.02. The molecule has 4 nitrogen and oxygen atoms in total. The Labute approximate surface area is 88.5 Å². The van der Waals surface area contributed by atoms with Crippen molar-refractivity contribution in [2.75, 3.05) is 13.7 Å². The van der Waals surface area contributed by atoms with Crippen LogP contribution in [0.2, 0.25) is 0 Å². The van der Waals surface area contributed by atoms with E-state index < -0.39 is 0 Å². The summed E-state index contributed by atoms with van der Waals surface area (Å²) in [5.74, 6) is 0. The Bertz CT molecular complexity index is 272. The summed E-state index contributed by atoms with van der Waals surface area (Å²) in [7, 11) is 1.41. The summed E-state index contributed by atoms with van der Waals surface area (Å²) in [5, 5.41) is 0.263. The summed E-state index contributed by atoms with van der Waals surface area (Å²) in [6.45, 7) is 8.89. The summed E-state index contributed by atoms with van der Waals surface area (Å²) in [6, 6.07) is 0. The molecule has 0 aromatic rings. The Balaban J connectivity index is 4.29. The molecular weight excluding hydrogens is 204 g/mol. The Kier molecular flexibility index (Phi) is 6.92. The van der Waals surface area contributed by atoms with E-state index in [1.807, 2.05) is 0 Å². The minimum atomic E-state index is 0.174. The topological polar surface area (TPSA) is 43.2 Å². The van der Waals surface area contributed by atoms with Gasteiger partial charge in [-0.3, -0.25) is 4.99 Å². The van der Waals surface area contributed by atoms with Crippen LogP contribution in [-0.2, 0) is 9.78 Å². The van der Waals surface area contributed by atoms with Crippen LogP contribution in [-0.4, -0.2) is 25.6 Å². The number of rotatable bonds is 6. The van der Waals surface area contributed by atoms with Crippen LogP contribution >= 0.6 is 11.6 Å². The van der Waals surface area contributed by atoms with Gasteiger partial charge in [0.05, 0.1) is 12.8 Å². The van der Waals surface area contributed by atoms with Gasteiger partial charge in [-0.1, -0.05) is 18.2 Å². The molecule has 0 aliphatic carbocycles. The van der Waals surface area contributed by atoms with Crippen molar-refractivity contribution >= 4 is 23.5 Å². The Morgan fingerprint density at radius 2 is 2.21 bits per heavy atom. The standard InChI is InChI=1S/C9H13ClN2O2/c1-7(6-14-13-4)9(10)12-8(2)5-11-3/h5H,1,3,6H2,2,4H3/b8-5+,12-9?. The lowest BCUT2D eigenvalue weighted by Gasteiger charge is -2.02. The van der Waals surface area contributed by atoms with E-state index in [0.717, 1.165) is 0 Å². The van der Waals surface area contributed by atoms with Crippen molar-refractivity contribution in [1.82, 2.24) is 0 Å². The predicted molar refractivity (Wildman–Crippen MR) is 58.7 cm³/mol. The summed E-state index contributed by atoms with van der Waals surface area (Å²) < 4.78 is 0. The van der Waals surface area contributed by atoms with E-state index >= 15 is 0 Å². The molecule has 0 unspecified atom stereocenters. The van der Waals surface area contributed by atoms with Crippen LogP contribution in [0.4, 0.5) is 0 Å². The highest BCUT2D eigenvalue weighted by molar-refractivity contribution is 6.69. The van der Waals surface area contributed by atoms with E-state index in [1.165, 1.54) is 13.3 Å². The fourth-order valence-electron chi connectivity index (χ4n) is 0.584. The van der Waals surface area contributed by atoms with Crippen molar-refractivity contribution < 1.29 is 9.78 Å². The van der Waals surface area contributed by atoms with E-state index in [9.17, 15) is 0 Å². The first kappa shape index (κ1) is 13.0. The smallest absolute Gasteiger partial charge is 0.134 e. The van der Waals surface area contributed by atoms with Gasteiger partial charge in [0.1, 0.15) is 11.8 Å². The molecule has 0 bridgehead atoms. The SMILES string of the molecule is C=N/C=C(\C)N=C(Cl)C(=C)COOC. The molecular formula is C9H13ClN2O2. The van der Waals surface area contributed by atoms with Crippen molar-refractivity contribution in [2.24, 2.45) is 9.98 Å². The van der Waals surface area contributed by atoms with Gasteiger partial charge >= 0.3 is 0 Å². The number of hydrogen-bond donors (Lipinski definition) is 0. The average Bonchev–Trinajstić information content (AvgIpc) is 2.14. The third-order valence-corrected chi connectivity index (χ3v) is 1.55. The molecule has 14 heavy (non-hydrogen) atoms. The molecule has 0 fully saturated rings. The molecule has 0 rings (SSSR count). The second-order valence-electron chi connectivity index (χ2n) is 2.39. The lowest BCUT2D eigenvalue weighted by molar-refractivity contribution is -0.264. The molecule has 0 radical (unpaired) electrons.